The van der Waals surface area contributed by atoms with Gasteiger partial charge in [0.05, 0.1) is 5.69 Å². The Hall–Kier alpha value is -1.51. The van der Waals surface area contributed by atoms with Gasteiger partial charge in [-0.25, -0.2) is 0 Å². The predicted molar refractivity (Wildman–Crippen MR) is 85.0 cm³/mol. The molecule has 1 amide bonds. The molecule has 0 aromatic heterocycles. The summed E-state index contributed by atoms with van der Waals surface area (Å²) < 4.78 is 5.35. The molecule has 0 unspecified atom stereocenters. The summed E-state index contributed by atoms with van der Waals surface area (Å²) in [6, 6.07) is 7.48. The van der Waals surface area contributed by atoms with E-state index in [4.69, 9.17) is 16.2 Å². The second kappa shape index (κ2) is 7.17. The summed E-state index contributed by atoms with van der Waals surface area (Å²) in [7, 11) is 0. The molecule has 0 saturated heterocycles. The minimum absolute atomic E-state index is 0. The molecule has 1 aromatic rings. The van der Waals surface area contributed by atoms with Crippen molar-refractivity contribution < 1.29 is 9.53 Å². The van der Waals surface area contributed by atoms with Crippen LogP contribution in [0, 0.1) is 0 Å². The topological polar surface area (TPSA) is 93.9 Å². The van der Waals surface area contributed by atoms with Gasteiger partial charge in [-0.05, 0) is 18.6 Å². The Labute approximate surface area is 128 Å². The van der Waals surface area contributed by atoms with Crippen LogP contribution in [-0.4, -0.2) is 31.6 Å². The molecule has 0 saturated carbocycles. The number of aliphatic imine (C=N–C) groups is 1. The first kappa shape index (κ1) is 15.5. The highest BCUT2D eigenvalue weighted by molar-refractivity contribution is 14.0. The van der Waals surface area contributed by atoms with E-state index in [9.17, 15) is 4.79 Å². The number of para-hydroxylation sites is 2. The third kappa shape index (κ3) is 3.98. The second-order valence-electron chi connectivity index (χ2n) is 3.96. The van der Waals surface area contributed by atoms with Gasteiger partial charge in [0, 0.05) is 13.1 Å². The molecule has 1 aliphatic rings. The fraction of sp³-hybridized carbons (Fsp3) is 0.333. The van der Waals surface area contributed by atoms with Crippen LogP contribution in [0.5, 0.6) is 5.75 Å². The fourth-order valence-electron chi connectivity index (χ4n) is 1.84. The van der Waals surface area contributed by atoms with Crippen molar-refractivity contribution in [1.82, 2.24) is 0 Å². The maximum atomic E-state index is 11.8. The molecule has 19 heavy (non-hydrogen) atoms. The number of halogens is 1. The van der Waals surface area contributed by atoms with E-state index in [2.05, 4.69) is 4.99 Å². The summed E-state index contributed by atoms with van der Waals surface area (Å²) in [6.45, 7) is 1.17. The molecule has 7 heteroatoms. The lowest BCUT2D eigenvalue weighted by Gasteiger charge is -2.29. The first-order valence-corrected chi connectivity index (χ1v) is 5.76. The van der Waals surface area contributed by atoms with Crippen molar-refractivity contribution in [3.63, 3.8) is 0 Å². The Morgan fingerprint density at radius 2 is 2.11 bits per heavy atom. The molecule has 1 heterocycles. The van der Waals surface area contributed by atoms with Gasteiger partial charge in [-0.1, -0.05) is 12.1 Å². The lowest BCUT2D eigenvalue weighted by molar-refractivity contribution is -0.121. The van der Waals surface area contributed by atoms with Gasteiger partial charge in [-0.15, -0.1) is 24.0 Å². The number of benzene rings is 1. The number of nitrogens with zero attached hydrogens (tertiary/aromatic N) is 2. The molecule has 0 aliphatic carbocycles. The van der Waals surface area contributed by atoms with Crippen LogP contribution in [-0.2, 0) is 4.79 Å². The molecule has 104 valence electrons. The minimum atomic E-state index is -0.0431. The predicted octanol–water partition coefficient (Wildman–Crippen LogP) is 0.693. The standard InChI is InChI=1S/C12H16N4O2.HI/c13-12(14)15-6-3-7-16-9-4-1-2-5-10(9)18-8-11(16)17;/h1-2,4-5H,3,6-8H2,(H4,13,14,15);1H. The van der Waals surface area contributed by atoms with Gasteiger partial charge >= 0.3 is 0 Å². The van der Waals surface area contributed by atoms with E-state index >= 15 is 0 Å². The highest BCUT2D eigenvalue weighted by Crippen LogP contribution is 2.31. The van der Waals surface area contributed by atoms with Crippen molar-refractivity contribution in [3.05, 3.63) is 24.3 Å². The minimum Gasteiger partial charge on any atom is -0.482 e. The Bertz CT molecular complexity index is 475. The van der Waals surface area contributed by atoms with E-state index in [0.29, 0.717) is 19.5 Å². The maximum absolute atomic E-state index is 11.8. The van der Waals surface area contributed by atoms with Crippen molar-refractivity contribution in [2.75, 3.05) is 24.6 Å². The smallest absolute Gasteiger partial charge is 0.265 e. The third-order valence-corrected chi connectivity index (χ3v) is 2.64. The number of fused-ring (bicyclic) bond motifs is 1. The summed E-state index contributed by atoms with van der Waals surface area (Å²) in [4.78, 5) is 17.4. The summed E-state index contributed by atoms with van der Waals surface area (Å²) in [5.74, 6) is 0.765. The molecule has 1 aromatic carbocycles. The van der Waals surface area contributed by atoms with E-state index < -0.39 is 0 Å². The summed E-state index contributed by atoms with van der Waals surface area (Å²) in [6.07, 6.45) is 0.706. The van der Waals surface area contributed by atoms with Crippen LogP contribution in [0.4, 0.5) is 5.69 Å². The summed E-state index contributed by atoms with van der Waals surface area (Å²) >= 11 is 0. The molecule has 0 fully saturated rings. The highest BCUT2D eigenvalue weighted by Gasteiger charge is 2.24. The number of nitrogens with two attached hydrogens (primary N) is 2. The van der Waals surface area contributed by atoms with Crippen molar-refractivity contribution >= 4 is 41.5 Å². The molecular formula is C12H17IN4O2. The lowest BCUT2D eigenvalue weighted by Crippen LogP contribution is -2.39. The maximum Gasteiger partial charge on any atom is 0.265 e. The van der Waals surface area contributed by atoms with E-state index in [0.717, 1.165) is 11.4 Å². The van der Waals surface area contributed by atoms with E-state index in [1.54, 1.807) is 4.90 Å². The number of hydrogen-bond acceptors (Lipinski definition) is 3. The molecule has 6 nitrogen and oxygen atoms in total. The Balaban J connectivity index is 0.00000180. The van der Waals surface area contributed by atoms with Gasteiger partial charge in [0.15, 0.2) is 12.6 Å². The summed E-state index contributed by atoms with van der Waals surface area (Å²) in [5, 5.41) is 0. The zero-order chi connectivity index (χ0) is 13.0. The molecule has 1 aliphatic heterocycles. The van der Waals surface area contributed by atoms with Crippen LogP contribution in [0.15, 0.2) is 29.3 Å². The average Bonchev–Trinajstić information content (AvgIpc) is 2.36. The van der Waals surface area contributed by atoms with Crippen LogP contribution in [0.3, 0.4) is 0 Å². The number of carbonyl (C=O) groups excluding carboxylic acids is 1. The van der Waals surface area contributed by atoms with Crippen LogP contribution in [0.25, 0.3) is 0 Å². The number of ether oxygens (including phenoxy) is 1. The van der Waals surface area contributed by atoms with Gasteiger partial charge in [0.2, 0.25) is 0 Å². The SMILES string of the molecule is I.NC(N)=NCCCN1C(=O)COc2ccccc21. The van der Waals surface area contributed by atoms with E-state index in [-0.39, 0.29) is 42.5 Å². The molecule has 2 rings (SSSR count). The number of guanidine groups is 1. The normalized spacial score (nSPS) is 13.1. The largest absolute Gasteiger partial charge is 0.482 e. The zero-order valence-electron chi connectivity index (χ0n) is 10.4. The number of carbonyl (C=O) groups is 1. The Morgan fingerprint density at radius 1 is 1.37 bits per heavy atom. The lowest BCUT2D eigenvalue weighted by atomic mass is 10.2. The highest BCUT2D eigenvalue weighted by atomic mass is 127. The number of anilines is 1. The van der Waals surface area contributed by atoms with Crippen molar-refractivity contribution in [3.8, 4) is 5.75 Å². The molecule has 0 bridgehead atoms. The first-order valence-electron chi connectivity index (χ1n) is 5.76. The molecule has 0 atom stereocenters. The van der Waals surface area contributed by atoms with Gasteiger partial charge < -0.3 is 21.1 Å². The number of hydrogen-bond donors (Lipinski definition) is 2. The monoisotopic (exact) mass is 376 g/mol. The fourth-order valence-corrected chi connectivity index (χ4v) is 1.84. The van der Waals surface area contributed by atoms with E-state index in [1.807, 2.05) is 24.3 Å². The van der Waals surface area contributed by atoms with Crippen molar-refractivity contribution in [2.24, 2.45) is 16.5 Å². The van der Waals surface area contributed by atoms with Gasteiger partial charge in [0.1, 0.15) is 5.75 Å². The van der Waals surface area contributed by atoms with Crippen LogP contribution < -0.4 is 21.1 Å². The Morgan fingerprint density at radius 3 is 2.84 bits per heavy atom. The van der Waals surface area contributed by atoms with Gasteiger partial charge in [-0.2, -0.15) is 0 Å². The molecule has 4 N–H and O–H groups in total. The second-order valence-corrected chi connectivity index (χ2v) is 3.96. The quantitative estimate of drug-likeness (QED) is 0.350. The molecular weight excluding hydrogens is 359 g/mol. The first-order chi connectivity index (χ1) is 8.68. The van der Waals surface area contributed by atoms with Gasteiger partial charge in [0.25, 0.3) is 5.91 Å². The van der Waals surface area contributed by atoms with Crippen LogP contribution in [0.1, 0.15) is 6.42 Å². The van der Waals surface area contributed by atoms with Crippen molar-refractivity contribution in [1.29, 1.82) is 0 Å². The third-order valence-electron chi connectivity index (χ3n) is 2.64. The van der Waals surface area contributed by atoms with Crippen LogP contribution >= 0.6 is 24.0 Å². The van der Waals surface area contributed by atoms with Crippen molar-refractivity contribution in [2.45, 2.75) is 6.42 Å². The molecule has 0 radical (unpaired) electrons. The Kier molecular flexibility index (Phi) is 5.87. The van der Waals surface area contributed by atoms with Crippen LogP contribution in [0.2, 0.25) is 0 Å². The number of rotatable bonds is 4. The molecule has 0 spiro atoms. The van der Waals surface area contributed by atoms with Gasteiger partial charge in [-0.3, -0.25) is 9.79 Å². The number of amides is 1. The zero-order valence-corrected chi connectivity index (χ0v) is 12.7. The summed E-state index contributed by atoms with van der Waals surface area (Å²) in [5.41, 5.74) is 11.3. The average molecular weight is 376 g/mol. The van der Waals surface area contributed by atoms with E-state index in [1.165, 1.54) is 0 Å².